The summed E-state index contributed by atoms with van der Waals surface area (Å²) in [5, 5.41) is 9.62. The Labute approximate surface area is 95.1 Å². The maximum absolute atomic E-state index is 13.5. The lowest BCUT2D eigenvalue weighted by Gasteiger charge is -2.22. The van der Waals surface area contributed by atoms with Crippen LogP contribution in [0.15, 0.2) is 24.3 Å². The van der Waals surface area contributed by atoms with Gasteiger partial charge in [-0.05, 0) is 18.9 Å². The number of hydrogen-bond donors (Lipinski definition) is 1. The fourth-order valence-corrected chi connectivity index (χ4v) is 1.54. The van der Waals surface area contributed by atoms with Crippen LogP contribution >= 0.6 is 0 Å². The molecule has 1 aromatic rings. The Morgan fingerprint density at radius 3 is 2.31 bits per heavy atom. The maximum atomic E-state index is 13.5. The number of benzene rings is 1. The summed E-state index contributed by atoms with van der Waals surface area (Å²) in [6, 6.07) is 6.57. The van der Waals surface area contributed by atoms with E-state index in [2.05, 4.69) is 0 Å². The standard InChI is InChI=1S/C13H18F2O/c1-3-4-9-13(14,15)12(16)11-7-5-10(2)6-8-11/h5-8,12,16H,3-4,9H2,1-2H3. The quantitative estimate of drug-likeness (QED) is 0.811. The summed E-state index contributed by atoms with van der Waals surface area (Å²) in [5.74, 6) is -3.04. The summed E-state index contributed by atoms with van der Waals surface area (Å²) in [4.78, 5) is 0. The number of aryl methyl sites for hydroxylation is 1. The van der Waals surface area contributed by atoms with E-state index in [-0.39, 0.29) is 12.0 Å². The van der Waals surface area contributed by atoms with E-state index < -0.39 is 12.0 Å². The molecule has 1 nitrogen and oxygen atoms in total. The Bertz CT molecular complexity index is 319. The molecule has 0 aromatic heterocycles. The molecule has 0 saturated heterocycles. The zero-order valence-electron chi connectivity index (χ0n) is 9.71. The smallest absolute Gasteiger partial charge is 0.277 e. The van der Waals surface area contributed by atoms with Crippen LogP contribution in [0, 0.1) is 6.92 Å². The molecule has 1 atom stereocenters. The van der Waals surface area contributed by atoms with Gasteiger partial charge in [-0.3, -0.25) is 0 Å². The van der Waals surface area contributed by atoms with Crippen molar-refractivity contribution in [3.05, 3.63) is 35.4 Å². The van der Waals surface area contributed by atoms with Gasteiger partial charge in [-0.25, -0.2) is 8.78 Å². The molecular weight excluding hydrogens is 210 g/mol. The minimum atomic E-state index is -3.04. The number of aliphatic hydroxyl groups excluding tert-OH is 1. The topological polar surface area (TPSA) is 20.2 Å². The van der Waals surface area contributed by atoms with Crippen molar-refractivity contribution in [2.24, 2.45) is 0 Å². The molecule has 0 radical (unpaired) electrons. The van der Waals surface area contributed by atoms with Gasteiger partial charge < -0.3 is 5.11 Å². The van der Waals surface area contributed by atoms with E-state index in [0.29, 0.717) is 12.8 Å². The average molecular weight is 228 g/mol. The number of unbranched alkanes of at least 4 members (excludes halogenated alkanes) is 1. The van der Waals surface area contributed by atoms with Crippen molar-refractivity contribution >= 4 is 0 Å². The first-order chi connectivity index (χ1) is 7.47. The van der Waals surface area contributed by atoms with E-state index in [1.807, 2.05) is 13.8 Å². The van der Waals surface area contributed by atoms with Crippen LogP contribution in [0.1, 0.15) is 43.4 Å². The molecule has 0 aliphatic heterocycles. The second-order valence-electron chi connectivity index (χ2n) is 4.18. The van der Waals surface area contributed by atoms with Gasteiger partial charge in [-0.1, -0.05) is 43.2 Å². The first-order valence-corrected chi connectivity index (χ1v) is 5.60. The van der Waals surface area contributed by atoms with Crippen LogP contribution in [0.2, 0.25) is 0 Å². The molecule has 3 heteroatoms. The highest BCUT2D eigenvalue weighted by Gasteiger charge is 2.38. The largest absolute Gasteiger partial charge is 0.382 e. The maximum Gasteiger partial charge on any atom is 0.277 e. The molecule has 90 valence electrons. The van der Waals surface area contributed by atoms with Crippen molar-refractivity contribution < 1.29 is 13.9 Å². The minimum Gasteiger partial charge on any atom is -0.382 e. The van der Waals surface area contributed by atoms with E-state index in [9.17, 15) is 13.9 Å². The zero-order chi connectivity index (χ0) is 12.2. The second kappa shape index (κ2) is 5.39. The van der Waals surface area contributed by atoms with Crippen LogP contribution in [0.5, 0.6) is 0 Å². The average Bonchev–Trinajstić information content (AvgIpc) is 2.26. The van der Waals surface area contributed by atoms with Gasteiger partial charge in [0.1, 0.15) is 6.10 Å². The molecule has 0 amide bonds. The van der Waals surface area contributed by atoms with E-state index in [1.54, 1.807) is 24.3 Å². The van der Waals surface area contributed by atoms with Crippen LogP contribution in [0.3, 0.4) is 0 Å². The van der Waals surface area contributed by atoms with E-state index in [1.165, 1.54) is 0 Å². The number of aliphatic hydroxyl groups is 1. The van der Waals surface area contributed by atoms with Crippen LogP contribution in [-0.2, 0) is 0 Å². The first kappa shape index (κ1) is 13.1. The molecule has 16 heavy (non-hydrogen) atoms. The minimum absolute atomic E-state index is 0.265. The molecule has 1 N–H and O–H groups in total. The zero-order valence-corrected chi connectivity index (χ0v) is 9.71. The number of halogens is 2. The normalized spacial score (nSPS) is 13.8. The van der Waals surface area contributed by atoms with Crippen molar-refractivity contribution in [1.82, 2.24) is 0 Å². The Morgan fingerprint density at radius 2 is 1.81 bits per heavy atom. The van der Waals surface area contributed by atoms with Crippen molar-refractivity contribution in [2.45, 2.75) is 45.1 Å². The number of rotatable bonds is 5. The molecule has 0 bridgehead atoms. The molecule has 0 heterocycles. The van der Waals surface area contributed by atoms with Crippen molar-refractivity contribution in [1.29, 1.82) is 0 Å². The number of alkyl halides is 2. The molecule has 1 aromatic carbocycles. The van der Waals surface area contributed by atoms with Crippen molar-refractivity contribution in [2.75, 3.05) is 0 Å². The Balaban J connectivity index is 2.75. The van der Waals surface area contributed by atoms with Crippen LogP contribution in [0.4, 0.5) is 8.78 Å². The molecule has 0 saturated carbocycles. The molecule has 1 rings (SSSR count). The third kappa shape index (κ3) is 3.27. The predicted octanol–water partition coefficient (Wildman–Crippen LogP) is 3.85. The summed E-state index contributed by atoms with van der Waals surface area (Å²) in [7, 11) is 0. The van der Waals surface area contributed by atoms with Gasteiger partial charge in [-0.2, -0.15) is 0 Å². The van der Waals surface area contributed by atoms with Gasteiger partial charge in [0.2, 0.25) is 0 Å². The number of hydrogen-bond acceptors (Lipinski definition) is 1. The summed E-state index contributed by atoms with van der Waals surface area (Å²) in [6.45, 7) is 3.74. The van der Waals surface area contributed by atoms with Crippen LogP contribution in [0.25, 0.3) is 0 Å². The molecule has 1 unspecified atom stereocenters. The third-order valence-electron chi connectivity index (χ3n) is 2.66. The van der Waals surface area contributed by atoms with Gasteiger partial charge in [0.25, 0.3) is 5.92 Å². The molecule has 0 fully saturated rings. The van der Waals surface area contributed by atoms with E-state index in [0.717, 1.165) is 5.56 Å². The van der Waals surface area contributed by atoms with E-state index >= 15 is 0 Å². The summed E-state index contributed by atoms with van der Waals surface area (Å²) in [6.07, 6.45) is -0.829. The Morgan fingerprint density at radius 1 is 1.25 bits per heavy atom. The Hall–Kier alpha value is -0.960. The lowest BCUT2D eigenvalue weighted by atomic mass is 9.98. The van der Waals surface area contributed by atoms with Gasteiger partial charge >= 0.3 is 0 Å². The summed E-state index contributed by atoms with van der Waals surface area (Å²) in [5.41, 5.74) is 1.28. The van der Waals surface area contributed by atoms with Gasteiger partial charge in [-0.15, -0.1) is 0 Å². The lowest BCUT2D eigenvalue weighted by molar-refractivity contribution is -0.117. The highest BCUT2D eigenvalue weighted by molar-refractivity contribution is 5.24. The third-order valence-corrected chi connectivity index (χ3v) is 2.66. The van der Waals surface area contributed by atoms with Gasteiger partial charge in [0, 0.05) is 6.42 Å². The van der Waals surface area contributed by atoms with E-state index in [4.69, 9.17) is 0 Å². The summed E-state index contributed by atoms with van der Waals surface area (Å²) < 4.78 is 27.1. The van der Waals surface area contributed by atoms with Crippen molar-refractivity contribution in [3.8, 4) is 0 Å². The van der Waals surface area contributed by atoms with Gasteiger partial charge in [0.05, 0.1) is 0 Å². The molecular formula is C13H18F2O. The van der Waals surface area contributed by atoms with Crippen LogP contribution < -0.4 is 0 Å². The Kier molecular flexibility index (Phi) is 4.42. The fraction of sp³-hybridized carbons (Fsp3) is 0.538. The monoisotopic (exact) mass is 228 g/mol. The highest BCUT2D eigenvalue weighted by Crippen LogP contribution is 2.35. The first-order valence-electron chi connectivity index (χ1n) is 5.60. The fourth-order valence-electron chi connectivity index (χ4n) is 1.54. The second-order valence-corrected chi connectivity index (χ2v) is 4.18. The highest BCUT2D eigenvalue weighted by atomic mass is 19.3. The summed E-state index contributed by atoms with van der Waals surface area (Å²) >= 11 is 0. The van der Waals surface area contributed by atoms with Crippen molar-refractivity contribution in [3.63, 3.8) is 0 Å². The van der Waals surface area contributed by atoms with Crippen LogP contribution in [-0.4, -0.2) is 11.0 Å². The SMILES string of the molecule is CCCCC(F)(F)C(O)c1ccc(C)cc1. The lowest BCUT2D eigenvalue weighted by Crippen LogP contribution is -2.26. The molecule has 0 spiro atoms. The molecule has 0 aliphatic carbocycles. The van der Waals surface area contributed by atoms with Gasteiger partial charge in [0.15, 0.2) is 0 Å². The predicted molar refractivity (Wildman–Crippen MR) is 60.6 cm³/mol. The molecule has 0 aliphatic rings.